The first-order valence-corrected chi connectivity index (χ1v) is 8.09. The number of aromatic carboxylic acids is 1. The highest BCUT2D eigenvalue weighted by molar-refractivity contribution is 5.94. The molecular weight excluding hydrogens is 365 g/mol. The number of aromatic nitrogens is 2. The number of alkyl halides is 3. The van der Waals surface area contributed by atoms with Crippen LogP contribution in [0.1, 0.15) is 29.4 Å². The van der Waals surface area contributed by atoms with E-state index < -0.39 is 12.3 Å². The second-order valence-corrected chi connectivity index (χ2v) is 6.09. The van der Waals surface area contributed by atoms with Crippen LogP contribution in [0.25, 0.3) is 22.8 Å². The van der Waals surface area contributed by atoms with Crippen LogP contribution in [-0.2, 0) is 0 Å². The van der Waals surface area contributed by atoms with E-state index in [9.17, 15) is 23.1 Å². The van der Waals surface area contributed by atoms with Crippen molar-refractivity contribution in [1.82, 2.24) is 9.55 Å². The van der Waals surface area contributed by atoms with E-state index in [1.54, 1.807) is 16.7 Å². The van der Waals surface area contributed by atoms with Crippen LogP contribution >= 0.6 is 0 Å². The lowest BCUT2D eigenvalue weighted by Gasteiger charge is -2.11. The van der Waals surface area contributed by atoms with Crippen LogP contribution in [0.5, 0.6) is 5.75 Å². The first kappa shape index (κ1) is 17.2. The smallest absolute Gasteiger partial charge is 0.477 e. The normalized spacial score (nSPS) is 14.3. The first-order chi connectivity index (χ1) is 12.8. The zero-order valence-electron chi connectivity index (χ0n) is 13.7. The van der Waals surface area contributed by atoms with E-state index in [0.29, 0.717) is 17.1 Å². The van der Waals surface area contributed by atoms with Gasteiger partial charge >= 0.3 is 12.3 Å². The number of hydrogen-bond donors (Lipinski definition) is 1. The lowest BCUT2D eigenvalue weighted by atomic mass is 10.2. The molecule has 0 bridgehead atoms. The van der Waals surface area contributed by atoms with Crippen LogP contribution in [0.3, 0.4) is 0 Å². The quantitative estimate of drug-likeness (QED) is 0.694. The highest BCUT2D eigenvalue weighted by Gasteiger charge is 2.35. The number of carbonyl (C=O) groups is 1. The highest BCUT2D eigenvalue weighted by Crippen LogP contribution is 2.42. The molecule has 0 radical (unpaired) electrons. The zero-order chi connectivity index (χ0) is 19.2. The number of ether oxygens (including phenoxy) is 1. The van der Waals surface area contributed by atoms with Crippen molar-refractivity contribution in [3.05, 3.63) is 48.4 Å². The number of furan rings is 1. The third-order valence-corrected chi connectivity index (χ3v) is 4.13. The SMILES string of the molecule is O=C(O)c1c(-c2ccco2)nc(-c2ccc(OC(F)(F)F)cc2)n1C1CC1. The van der Waals surface area contributed by atoms with Crippen molar-refractivity contribution in [2.45, 2.75) is 25.2 Å². The molecule has 1 aliphatic carbocycles. The van der Waals surface area contributed by atoms with E-state index in [4.69, 9.17) is 4.42 Å². The van der Waals surface area contributed by atoms with Gasteiger partial charge in [0.1, 0.15) is 17.3 Å². The molecule has 3 aromatic rings. The van der Waals surface area contributed by atoms with Gasteiger partial charge in [-0.1, -0.05) is 0 Å². The number of imidazole rings is 1. The maximum atomic E-state index is 12.3. The molecule has 1 fully saturated rings. The molecule has 6 nitrogen and oxygen atoms in total. The molecule has 1 aliphatic rings. The summed E-state index contributed by atoms with van der Waals surface area (Å²) in [7, 11) is 0. The van der Waals surface area contributed by atoms with E-state index in [2.05, 4.69) is 9.72 Å². The van der Waals surface area contributed by atoms with Gasteiger partial charge in [0.2, 0.25) is 0 Å². The number of rotatable bonds is 5. The van der Waals surface area contributed by atoms with Gasteiger partial charge in [-0.2, -0.15) is 0 Å². The molecule has 2 heterocycles. The van der Waals surface area contributed by atoms with Gasteiger partial charge in [-0.3, -0.25) is 0 Å². The summed E-state index contributed by atoms with van der Waals surface area (Å²) in [6.07, 6.45) is -1.76. The number of hydrogen-bond acceptors (Lipinski definition) is 4. The molecule has 2 aromatic heterocycles. The highest BCUT2D eigenvalue weighted by atomic mass is 19.4. The van der Waals surface area contributed by atoms with Gasteiger partial charge in [-0.15, -0.1) is 13.2 Å². The number of nitrogens with zero attached hydrogens (tertiary/aromatic N) is 2. The Balaban J connectivity index is 1.81. The van der Waals surface area contributed by atoms with Crippen molar-refractivity contribution in [1.29, 1.82) is 0 Å². The Morgan fingerprint density at radius 3 is 2.44 bits per heavy atom. The van der Waals surface area contributed by atoms with Crippen LogP contribution in [0, 0.1) is 0 Å². The second-order valence-electron chi connectivity index (χ2n) is 6.09. The Labute approximate surface area is 150 Å². The summed E-state index contributed by atoms with van der Waals surface area (Å²) >= 11 is 0. The summed E-state index contributed by atoms with van der Waals surface area (Å²) in [6, 6.07) is 8.38. The number of carboxylic acids is 1. The number of carboxylic acid groups (broad SMARTS) is 1. The fraction of sp³-hybridized carbons (Fsp3) is 0.222. The van der Waals surface area contributed by atoms with Crippen LogP contribution in [0.4, 0.5) is 13.2 Å². The van der Waals surface area contributed by atoms with Crippen LogP contribution < -0.4 is 4.74 Å². The average Bonchev–Trinajstić information content (AvgIpc) is 3.14. The molecule has 0 spiro atoms. The zero-order valence-corrected chi connectivity index (χ0v) is 13.7. The lowest BCUT2D eigenvalue weighted by Crippen LogP contribution is -2.17. The fourth-order valence-corrected chi connectivity index (χ4v) is 2.92. The number of benzene rings is 1. The molecule has 4 rings (SSSR count). The van der Waals surface area contributed by atoms with Crippen molar-refractivity contribution in [2.75, 3.05) is 0 Å². The van der Waals surface area contributed by atoms with Gasteiger partial charge in [0.05, 0.1) is 6.26 Å². The fourth-order valence-electron chi connectivity index (χ4n) is 2.92. The standard InChI is InChI=1S/C18H13F3N2O4/c19-18(20,21)27-12-7-3-10(4-8-12)16-22-14(13-2-1-9-26-13)15(17(24)25)23(16)11-5-6-11/h1-4,7-9,11H,5-6H2,(H,24,25). The third kappa shape index (κ3) is 3.40. The van der Waals surface area contributed by atoms with Crippen molar-refractivity contribution in [3.8, 4) is 28.6 Å². The predicted molar refractivity (Wildman–Crippen MR) is 87.3 cm³/mol. The molecule has 1 saturated carbocycles. The van der Waals surface area contributed by atoms with Gasteiger partial charge in [-0.25, -0.2) is 9.78 Å². The van der Waals surface area contributed by atoms with Gasteiger partial charge in [0, 0.05) is 11.6 Å². The van der Waals surface area contributed by atoms with Gasteiger partial charge in [0.15, 0.2) is 11.5 Å². The monoisotopic (exact) mass is 378 g/mol. The van der Waals surface area contributed by atoms with Crippen LogP contribution in [0.15, 0.2) is 47.1 Å². The minimum Gasteiger partial charge on any atom is -0.477 e. The summed E-state index contributed by atoms with van der Waals surface area (Å²) < 4.78 is 47.8. The largest absolute Gasteiger partial charge is 0.573 e. The molecule has 0 aliphatic heterocycles. The van der Waals surface area contributed by atoms with E-state index in [1.165, 1.54) is 30.5 Å². The molecule has 1 aromatic carbocycles. The van der Waals surface area contributed by atoms with Crippen LogP contribution in [-0.4, -0.2) is 27.0 Å². The molecule has 27 heavy (non-hydrogen) atoms. The minimum absolute atomic E-state index is 0.00179. The maximum Gasteiger partial charge on any atom is 0.573 e. The molecule has 140 valence electrons. The lowest BCUT2D eigenvalue weighted by molar-refractivity contribution is -0.274. The van der Waals surface area contributed by atoms with E-state index >= 15 is 0 Å². The van der Waals surface area contributed by atoms with Gasteiger partial charge < -0.3 is 18.8 Å². The topological polar surface area (TPSA) is 77.5 Å². The van der Waals surface area contributed by atoms with E-state index in [-0.39, 0.29) is 23.2 Å². The number of halogens is 3. The maximum absolute atomic E-state index is 12.3. The molecule has 0 unspecified atom stereocenters. The van der Waals surface area contributed by atoms with Crippen molar-refractivity contribution in [3.63, 3.8) is 0 Å². The minimum atomic E-state index is -4.78. The Bertz CT molecular complexity index is 971. The first-order valence-electron chi connectivity index (χ1n) is 8.09. The summed E-state index contributed by atoms with van der Waals surface area (Å²) in [6.45, 7) is 0. The average molecular weight is 378 g/mol. The van der Waals surface area contributed by atoms with Crippen molar-refractivity contribution >= 4 is 5.97 Å². The molecule has 1 N–H and O–H groups in total. The molecule has 0 amide bonds. The third-order valence-electron chi connectivity index (χ3n) is 4.13. The second kappa shape index (κ2) is 6.19. The predicted octanol–water partition coefficient (Wildman–Crippen LogP) is 4.74. The molecule has 0 atom stereocenters. The van der Waals surface area contributed by atoms with E-state index in [1.807, 2.05) is 0 Å². The summed E-state index contributed by atoms with van der Waals surface area (Å²) in [5, 5.41) is 9.71. The van der Waals surface area contributed by atoms with Crippen molar-refractivity contribution in [2.24, 2.45) is 0 Å². The summed E-state index contributed by atoms with van der Waals surface area (Å²) in [5.41, 5.74) is 0.666. The Kier molecular flexibility index (Phi) is 3.94. The summed E-state index contributed by atoms with van der Waals surface area (Å²) in [4.78, 5) is 16.3. The van der Waals surface area contributed by atoms with Gasteiger partial charge in [-0.05, 0) is 49.2 Å². The van der Waals surface area contributed by atoms with E-state index in [0.717, 1.165) is 12.8 Å². The molecular formula is C18H13F3N2O4. The van der Waals surface area contributed by atoms with Crippen molar-refractivity contribution < 1.29 is 32.2 Å². The molecule has 9 heteroatoms. The van der Waals surface area contributed by atoms with Gasteiger partial charge in [0.25, 0.3) is 0 Å². The molecule has 0 saturated heterocycles. The Morgan fingerprint density at radius 2 is 1.93 bits per heavy atom. The Hall–Kier alpha value is -3.23. The van der Waals surface area contributed by atoms with Crippen LogP contribution in [0.2, 0.25) is 0 Å². The summed E-state index contributed by atoms with van der Waals surface area (Å²) in [5.74, 6) is -0.838. The Morgan fingerprint density at radius 1 is 1.22 bits per heavy atom.